The summed E-state index contributed by atoms with van der Waals surface area (Å²) in [5.41, 5.74) is 19.4. The maximum Gasteiger partial charge on any atom is 0.325 e. The van der Waals surface area contributed by atoms with Crippen LogP contribution < -0.4 is 59.7 Å². The van der Waals surface area contributed by atoms with Gasteiger partial charge in [-0.1, -0.05) is 82.3 Å². The normalized spacial score (nSPS) is 21.3. The lowest BCUT2D eigenvalue weighted by Gasteiger charge is -2.29. The minimum atomic E-state index is -1.61. The quantitative estimate of drug-likeness (QED) is 0.0381. The molecule has 17 N–H and O–H groups in total. The van der Waals surface area contributed by atoms with Crippen LogP contribution in [0.5, 0.6) is 5.75 Å². The highest BCUT2D eigenvalue weighted by atomic mass is 33.1. The molecule has 1 fully saturated rings. The number of H-pyrrole nitrogens is 1. The van der Waals surface area contributed by atoms with Crippen molar-refractivity contribution in [3.05, 3.63) is 102 Å². The summed E-state index contributed by atoms with van der Waals surface area (Å²) < 4.78 is 0. The molecule has 0 bridgehead atoms. The van der Waals surface area contributed by atoms with E-state index < -0.39 is 120 Å². The van der Waals surface area contributed by atoms with E-state index in [9.17, 15) is 58.2 Å². The van der Waals surface area contributed by atoms with Crippen LogP contribution in [-0.2, 0) is 67.2 Å². The van der Waals surface area contributed by atoms with E-state index in [-0.39, 0.29) is 49.5 Å². The molecule has 1 aliphatic rings. The molecular weight excluding hydrogens is 1040 g/mol. The number of rotatable bonds is 19. The van der Waals surface area contributed by atoms with Crippen molar-refractivity contribution in [3.63, 3.8) is 0 Å². The number of aliphatic carboxylic acids is 1. The molecule has 0 saturated carbocycles. The third-order valence-electron chi connectivity index (χ3n) is 12.2. The smallest absolute Gasteiger partial charge is 0.325 e. The van der Waals surface area contributed by atoms with E-state index in [1.807, 2.05) is 18.2 Å². The van der Waals surface area contributed by atoms with Gasteiger partial charge in [0.1, 0.15) is 54.1 Å². The monoisotopic (exact) mass is 1100 g/mol. The van der Waals surface area contributed by atoms with E-state index in [1.54, 1.807) is 42.6 Å². The number of nitrogens with two attached hydrogens (primary N) is 3. The van der Waals surface area contributed by atoms with Crippen LogP contribution in [0.3, 0.4) is 0 Å². The van der Waals surface area contributed by atoms with Gasteiger partial charge in [-0.05, 0) is 74.5 Å². The number of benzene rings is 3. The fourth-order valence-corrected chi connectivity index (χ4v) is 10.3. The van der Waals surface area contributed by atoms with E-state index in [2.05, 4.69) is 47.5 Å². The predicted octanol–water partition coefficient (Wildman–Crippen LogP) is -1.37. The number of aromatic amines is 1. The minimum Gasteiger partial charge on any atom is -0.508 e. The number of amides is 9. The number of phenolic OH excluding ortho intramolecular Hbond substituents is 1. The number of nitrogens with one attached hydrogen (secondary N) is 9. The van der Waals surface area contributed by atoms with Crippen LogP contribution in [0.15, 0.2) is 85.1 Å². The molecule has 1 aromatic heterocycles. The number of carbonyl (C=O) groups excluding carboxylic acids is 9. The summed E-state index contributed by atoms with van der Waals surface area (Å²) in [6, 6.07) is 8.63. The van der Waals surface area contributed by atoms with E-state index in [0.717, 1.165) is 32.5 Å². The number of primary amides is 1. The molecule has 77 heavy (non-hydrogen) atoms. The number of phenols is 1. The number of hydrogen-bond donors (Lipinski definition) is 14. The van der Waals surface area contributed by atoms with Gasteiger partial charge in [0.25, 0.3) is 0 Å². The molecule has 2 heterocycles. The summed E-state index contributed by atoms with van der Waals surface area (Å²) in [4.78, 5) is 141. The van der Waals surface area contributed by atoms with Crippen LogP contribution in [0.4, 0.5) is 0 Å². The first kappa shape index (κ1) is 60.2. The van der Waals surface area contributed by atoms with E-state index >= 15 is 0 Å². The Hall–Kier alpha value is -7.68. The van der Waals surface area contributed by atoms with Gasteiger partial charge in [-0.2, -0.15) is 0 Å². The lowest BCUT2D eigenvalue weighted by molar-refractivity contribution is -0.141. The molecule has 0 unspecified atom stereocenters. The van der Waals surface area contributed by atoms with Crippen molar-refractivity contribution in [2.75, 3.05) is 18.1 Å². The Kier molecular flexibility index (Phi) is 23.1. The molecule has 26 heteroatoms. The number of hydrogen-bond acceptors (Lipinski definition) is 15. The van der Waals surface area contributed by atoms with Gasteiger partial charge < -0.3 is 74.9 Å². The first-order valence-corrected chi connectivity index (χ1v) is 27.2. The highest BCUT2D eigenvalue weighted by Gasteiger charge is 2.36. The van der Waals surface area contributed by atoms with E-state index in [1.165, 1.54) is 38.1 Å². The van der Waals surface area contributed by atoms with Crippen molar-refractivity contribution in [1.29, 1.82) is 0 Å². The highest BCUT2D eigenvalue weighted by Crippen LogP contribution is 2.25. The third-order valence-corrected chi connectivity index (χ3v) is 14.7. The molecule has 5 rings (SSSR count). The van der Waals surface area contributed by atoms with Crippen molar-refractivity contribution in [2.24, 2.45) is 17.2 Å². The molecule has 0 radical (unpaired) electrons. The maximum absolute atomic E-state index is 14.8. The Balaban J connectivity index is 1.63. The molecule has 24 nitrogen and oxygen atoms in total. The fraction of sp³-hybridized carbons (Fsp3) is 0.412. The Labute approximate surface area is 451 Å². The zero-order valence-electron chi connectivity index (χ0n) is 42.4. The average molecular weight is 1100 g/mol. The van der Waals surface area contributed by atoms with Crippen molar-refractivity contribution in [2.45, 2.75) is 113 Å². The van der Waals surface area contributed by atoms with Gasteiger partial charge in [-0.3, -0.25) is 47.9 Å². The summed E-state index contributed by atoms with van der Waals surface area (Å²) in [5.74, 6) is -10.2. The lowest BCUT2D eigenvalue weighted by atomic mass is 10.0. The molecular formula is C51H66N12O12S2. The predicted molar refractivity (Wildman–Crippen MR) is 288 cm³/mol. The summed E-state index contributed by atoms with van der Waals surface area (Å²) >= 11 is 0. The Bertz CT molecular complexity index is 2730. The number of para-hydroxylation sites is 1. The van der Waals surface area contributed by atoms with Gasteiger partial charge in [-0.25, -0.2) is 0 Å². The molecule has 9 atom stereocenters. The summed E-state index contributed by atoms with van der Waals surface area (Å²) in [5, 5.41) is 41.3. The van der Waals surface area contributed by atoms with Crippen LogP contribution in [0, 0.1) is 0 Å². The van der Waals surface area contributed by atoms with Crippen LogP contribution in [0.1, 0.15) is 56.2 Å². The number of unbranched alkanes of at least 4 members (excludes halogenated alkanes) is 1. The number of carboxylic acid groups (broad SMARTS) is 1. The molecule has 3 aromatic carbocycles. The second-order valence-corrected chi connectivity index (χ2v) is 21.0. The molecule has 1 aliphatic heterocycles. The van der Waals surface area contributed by atoms with E-state index in [0.29, 0.717) is 29.5 Å². The highest BCUT2D eigenvalue weighted by molar-refractivity contribution is 8.76. The van der Waals surface area contributed by atoms with Gasteiger partial charge >= 0.3 is 5.97 Å². The van der Waals surface area contributed by atoms with Gasteiger partial charge in [0.05, 0.1) is 12.5 Å². The SMILES string of the molecule is C[C@H](N)C(=O)N[C@@H](CC(N)=O)C(=O)N[C@H]1CSSC[C@@H](C(=O)N[C@@H](C)C(=O)O)NC(=O)[C@H](Cc2ccc(O)cc2)NC(=O)[C@H](CCCCN)NC(=O)[C@H](Cc2c[nH]c3ccccc23)NC(=O)[C@H](Cc2ccccc2)NC1=O. The van der Waals surface area contributed by atoms with Gasteiger partial charge in [0, 0.05) is 47.9 Å². The van der Waals surface area contributed by atoms with Crippen molar-refractivity contribution in [1.82, 2.24) is 47.5 Å². The Morgan fingerprint density at radius 1 is 0.675 bits per heavy atom. The second-order valence-electron chi connectivity index (χ2n) is 18.4. The average Bonchev–Trinajstić information content (AvgIpc) is 3.81. The van der Waals surface area contributed by atoms with Gasteiger partial charge in [0.2, 0.25) is 53.2 Å². The maximum atomic E-state index is 14.8. The summed E-state index contributed by atoms with van der Waals surface area (Å²) in [6.45, 7) is 2.78. The van der Waals surface area contributed by atoms with Gasteiger partial charge in [-0.15, -0.1) is 0 Å². The number of fused-ring (bicyclic) bond motifs is 1. The van der Waals surface area contributed by atoms with Crippen LogP contribution in [0.2, 0.25) is 0 Å². The largest absolute Gasteiger partial charge is 0.508 e. The van der Waals surface area contributed by atoms with Crippen LogP contribution in [-0.4, -0.2) is 147 Å². The summed E-state index contributed by atoms with van der Waals surface area (Å²) in [6.07, 6.45) is 1.25. The molecule has 9 amide bonds. The standard InChI is InChI=1S/C51H66N12O12S2/c1-27(53)43(66)58-39(23-42(54)65)48(71)63-41-26-77-76-25-40(49(72)56-28(2)51(74)75)62-46(69)37(21-30-15-17-32(64)18-16-30)59-44(67)35(14-8-9-19-52)57-47(70)38(22-31-24-55-34-13-7-6-12-33(31)34)61-45(68)36(60-50(41)73)20-29-10-4-3-5-11-29/h3-7,10-13,15-18,24,27-28,35-41,55,64H,8-9,14,19-23,25-26,52-53H2,1-2H3,(H2,54,65)(H,56,72)(H,57,70)(H,58,66)(H,59,67)(H,60,73)(H,61,68)(H,62,69)(H,63,71)(H,74,75)/t27-,28-,35-,36-,37-,38-,39-,40-,41-/m0/s1. The van der Waals surface area contributed by atoms with Crippen molar-refractivity contribution < 1.29 is 58.2 Å². The number of carboxylic acids is 1. The Morgan fingerprint density at radius 3 is 1.86 bits per heavy atom. The summed E-state index contributed by atoms with van der Waals surface area (Å²) in [7, 11) is 1.82. The lowest BCUT2D eigenvalue weighted by Crippen LogP contribution is -2.61. The van der Waals surface area contributed by atoms with Crippen molar-refractivity contribution >= 4 is 91.6 Å². The van der Waals surface area contributed by atoms with Crippen LogP contribution in [0.25, 0.3) is 10.9 Å². The number of aromatic nitrogens is 1. The van der Waals surface area contributed by atoms with E-state index in [4.69, 9.17) is 17.2 Å². The molecule has 0 aliphatic carbocycles. The molecule has 1 saturated heterocycles. The molecule has 414 valence electrons. The second kappa shape index (κ2) is 29.6. The zero-order chi connectivity index (χ0) is 56.2. The third kappa shape index (κ3) is 18.8. The first-order chi connectivity index (χ1) is 36.7. The number of carbonyl (C=O) groups is 10. The van der Waals surface area contributed by atoms with Crippen molar-refractivity contribution in [3.8, 4) is 5.75 Å². The zero-order valence-corrected chi connectivity index (χ0v) is 44.0. The fourth-order valence-electron chi connectivity index (χ4n) is 7.95. The Morgan fingerprint density at radius 2 is 1.23 bits per heavy atom. The molecule has 4 aromatic rings. The van der Waals surface area contributed by atoms with Gasteiger partial charge in [0.15, 0.2) is 0 Å². The topological polar surface area (TPSA) is 401 Å². The first-order valence-electron chi connectivity index (χ1n) is 24.7. The van der Waals surface area contributed by atoms with Crippen LogP contribution >= 0.6 is 21.6 Å². The molecule has 0 spiro atoms. The number of aromatic hydroxyl groups is 1. The minimum absolute atomic E-state index is 0.0110.